The molecular formula is C13H9F6N5O4. The van der Waals surface area contributed by atoms with Crippen molar-refractivity contribution in [3.8, 4) is 0 Å². The number of rotatable bonds is 4. The van der Waals surface area contributed by atoms with E-state index in [4.69, 9.17) is 0 Å². The fourth-order valence-corrected chi connectivity index (χ4v) is 2.36. The Labute approximate surface area is 151 Å². The zero-order valence-corrected chi connectivity index (χ0v) is 13.7. The van der Waals surface area contributed by atoms with Gasteiger partial charge in [-0.25, -0.2) is 5.01 Å². The average molecular weight is 413 g/mol. The number of allylic oxidation sites excluding steroid dienone is 1. The van der Waals surface area contributed by atoms with Crippen molar-refractivity contribution in [2.75, 3.05) is 11.7 Å². The number of hydrazone groups is 1. The molecule has 0 bridgehead atoms. The molecule has 0 saturated carbocycles. The van der Waals surface area contributed by atoms with Crippen molar-refractivity contribution in [2.24, 2.45) is 5.10 Å². The highest BCUT2D eigenvalue weighted by atomic mass is 19.4. The predicted molar refractivity (Wildman–Crippen MR) is 82.2 cm³/mol. The molecule has 28 heavy (non-hydrogen) atoms. The van der Waals surface area contributed by atoms with Crippen LogP contribution in [-0.2, 0) is 6.18 Å². The maximum absolute atomic E-state index is 13.1. The molecule has 0 amide bonds. The van der Waals surface area contributed by atoms with Crippen molar-refractivity contribution in [3.05, 3.63) is 50.2 Å². The summed E-state index contributed by atoms with van der Waals surface area (Å²) < 4.78 is 78.1. The van der Waals surface area contributed by atoms with Gasteiger partial charge in [-0.1, -0.05) is 6.08 Å². The number of benzene rings is 1. The second kappa shape index (κ2) is 6.97. The molecule has 0 aliphatic carbocycles. The molecule has 0 spiro atoms. The summed E-state index contributed by atoms with van der Waals surface area (Å²) in [5, 5.41) is 25.8. The Morgan fingerprint density at radius 1 is 1.04 bits per heavy atom. The lowest BCUT2D eigenvalue weighted by Gasteiger charge is -2.18. The van der Waals surface area contributed by atoms with Crippen molar-refractivity contribution in [2.45, 2.75) is 19.3 Å². The van der Waals surface area contributed by atoms with Crippen molar-refractivity contribution in [1.82, 2.24) is 4.90 Å². The van der Waals surface area contributed by atoms with E-state index in [1.807, 2.05) is 0 Å². The van der Waals surface area contributed by atoms with Crippen LogP contribution < -0.4 is 5.01 Å². The molecule has 2 rings (SSSR count). The minimum Gasteiger partial charge on any atom is -0.308 e. The maximum Gasteiger partial charge on any atom is 0.451 e. The van der Waals surface area contributed by atoms with Crippen molar-refractivity contribution < 1.29 is 36.2 Å². The lowest BCUT2D eigenvalue weighted by Crippen LogP contribution is -2.35. The summed E-state index contributed by atoms with van der Waals surface area (Å²) in [6.45, 7) is 0.520. The third-order valence-corrected chi connectivity index (χ3v) is 3.40. The van der Waals surface area contributed by atoms with Gasteiger partial charge in [0.1, 0.15) is 6.67 Å². The van der Waals surface area contributed by atoms with E-state index in [2.05, 4.69) is 5.10 Å². The van der Waals surface area contributed by atoms with Crippen LogP contribution in [0.4, 0.5) is 43.4 Å². The van der Waals surface area contributed by atoms with Gasteiger partial charge in [0.05, 0.1) is 15.4 Å². The van der Waals surface area contributed by atoms with Crippen LogP contribution in [-0.4, -0.2) is 33.4 Å². The van der Waals surface area contributed by atoms with Gasteiger partial charge in [-0.2, -0.15) is 26.3 Å². The third kappa shape index (κ3) is 3.96. The molecule has 15 heteroatoms. The second-order valence-corrected chi connectivity index (χ2v) is 5.29. The largest absolute Gasteiger partial charge is 0.451 e. The van der Waals surface area contributed by atoms with Crippen molar-refractivity contribution >= 4 is 22.9 Å². The van der Waals surface area contributed by atoms with E-state index in [0.29, 0.717) is 4.90 Å². The fourth-order valence-electron chi connectivity index (χ4n) is 2.36. The Hall–Kier alpha value is -3.39. The number of hydrogen-bond acceptors (Lipinski definition) is 7. The number of alkyl halides is 6. The zero-order valence-electron chi connectivity index (χ0n) is 13.7. The second-order valence-electron chi connectivity index (χ2n) is 5.29. The van der Waals surface area contributed by atoms with E-state index in [-0.39, 0.29) is 17.1 Å². The van der Waals surface area contributed by atoms with E-state index in [1.54, 1.807) is 0 Å². The third-order valence-electron chi connectivity index (χ3n) is 3.40. The number of nitro groups is 2. The molecule has 152 valence electrons. The molecule has 1 aromatic carbocycles. The number of halogens is 6. The van der Waals surface area contributed by atoms with Crippen molar-refractivity contribution in [3.63, 3.8) is 0 Å². The molecule has 1 aromatic rings. The van der Waals surface area contributed by atoms with Gasteiger partial charge in [0.25, 0.3) is 0 Å². The maximum atomic E-state index is 13.1. The Morgan fingerprint density at radius 3 is 1.89 bits per heavy atom. The lowest BCUT2D eigenvalue weighted by molar-refractivity contribution is -0.393. The number of nitrogens with zero attached hydrogens (tertiary/aromatic N) is 5. The lowest BCUT2D eigenvalue weighted by atomic mass is 10.1. The van der Waals surface area contributed by atoms with Crippen LogP contribution in [0, 0.1) is 20.2 Å². The van der Waals surface area contributed by atoms with Crippen LogP contribution in [0.2, 0.25) is 0 Å². The quantitative estimate of drug-likeness (QED) is 0.420. The van der Waals surface area contributed by atoms with Crippen molar-refractivity contribution in [1.29, 1.82) is 0 Å². The summed E-state index contributed by atoms with van der Waals surface area (Å²) in [5.41, 5.74) is -5.61. The van der Waals surface area contributed by atoms with E-state index in [0.717, 1.165) is 6.20 Å². The van der Waals surface area contributed by atoms with Crippen LogP contribution in [0.3, 0.4) is 0 Å². The van der Waals surface area contributed by atoms with E-state index in [1.165, 1.54) is 13.0 Å². The molecule has 0 radical (unpaired) electrons. The minimum atomic E-state index is -5.16. The van der Waals surface area contributed by atoms with Crippen LogP contribution in [0.15, 0.2) is 29.5 Å². The van der Waals surface area contributed by atoms with Crippen LogP contribution in [0.25, 0.3) is 0 Å². The minimum absolute atomic E-state index is 0.00341. The van der Waals surface area contributed by atoms with Gasteiger partial charge >= 0.3 is 23.7 Å². The Morgan fingerprint density at radius 2 is 1.54 bits per heavy atom. The highest BCUT2D eigenvalue weighted by Crippen LogP contribution is 2.44. The zero-order chi connectivity index (χ0) is 21.4. The highest BCUT2D eigenvalue weighted by molar-refractivity contribution is 5.92. The molecule has 0 saturated heterocycles. The smallest absolute Gasteiger partial charge is 0.308 e. The van der Waals surface area contributed by atoms with E-state index < -0.39 is 57.3 Å². The predicted octanol–water partition coefficient (Wildman–Crippen LogP) is 4.01. The number of anilines is 1. The topological polar surface area (TPSA) is 105 Å². The van der Waals surface area contributed by atoms with Gasteiger partial charge in [0.2, 0.25) is 11.5 Å². The summed E-state index contributed by atoms with van der Waals surface area (Å²) in [6, 6.07) is 0.00682. The summed E-state index contributed by atoms with van der Waals surface area (Å²) in [6.07, 6.45) is -8.09. The molecule has 0 fully saturated rings. The number of amidine groups is 1. The highest BCUT2D eigenvalue weighted by Gasteiger charge is 2.47. The van der Waals surface area contributed by atoms with Gasteiger partial charge in [-0.3, -0.25) is 20.2 Å². The van der Waals surface area contributed by atoms with Gasteiger partial charge < -0.3 is 4.90 Å². The van der Waals surface area contributed by atoms with Gasteiger partial charge in [0.15, 0.2) is 0 Å². The first-order chi connectivity index (χ1) is 12.8. The first-order valence-corrected chi connectivity index (χ1v) is 7.14. The Kier molecular flexibility index (Phi) is 5.21. The van der Waals surface area contributed by atoms with E-state index >= 15 is 0 Å². The Balaban J connectivity index is 2.76. The van der Waals surface area contributed by atoms with Gasteiger partial charge in [-0.05, 0) is 6.92 Å². The summed E-state index contributed by atoms with van der Waals surface area (Å²) in [7, 11) is 0. The SMILES string of the molecule is CC=CN1CN(c2c([N+](=O)[O-])cc(C(F)(F)F)cc2[N+](=O)[O-])N=C1C(F)(F)F. The standard InChI is InChI=1S/C13H9F6N5O4/c1-2-3-21-6-22(20-11(21)13(17,18)19)10-8(23(25)26)4-7(12(14,15)16)5-9(10)24(27)28/h2-5H,6H2,1H3. The molecule has 0 unspecified atom stereocenters. The van der Waals surface area contributed by atoms with Crippen LogP contribution >= 0.6 is 0 Å². The first kappa shape index (κ1) is 20.9. The molecule has 0 N–H and O–H groups in total. The Bertz CT molecular complexity index is 844. The molecule has 1 heterocycles. The first-order valence-electron chi connectivity index (χ1n) is 7.14. The number of nitro benzene ring substituents is 2. The molecule has 1 aliphatic rings. The van der Waals surface area contributed by atoms with Gasteiger partial charge in [0, 0.05) is 18.3 Å². The van der Waals surface area contributed by atoms with E-state index in [9.17, 15) is 46.6 Å². The monoisotopic (exact) mass is 413 g/mol. The molecular weight excluding hydrogens is 404 g/mol. The average Bonchev–Trinajstić information content (AvgIpc) is 2.96. The summed E-state index contributed by atoms with van der Waals surface area (Å²) in [4.78, 5) is 20.2. The molecule has 0 aromatic heterocycles. The molecule has 0 atom stereocenters. The summed E-state index contributed by atoms with van der Waals surface area (Å²) >= 11 is 0. The molecule has 1 aliphatic heterocycles. The fraction of sp³-hybridized carbons (Fsp3) is 0.308. The normalized spacial score (nSPS) is 15.3. The van der Waals surface area contributed by atoms with Crippen LogP contribution in [0.1, 0.15) is 12.5 Å². The van der Waals surface area contributed by atoms with Gasteiger partial charge in [-0.15, -0.1) is 5.10 Å². The molecule has 9 nitrogen and oxygen atoms in total. The van der Waals surface area contributed by atoms with Crippen LogP contribution in [0.5, 0.6) is 0 Å². The summed E-state index contributed by atoms with van der Waals surface area (Å²) in [5.74, 6) is -1.55. The number of hydrogen-bond donors (Lipinski definition) is 0.